The molecule has 2 aromatic rings. The summed E-state index contributed by atoms with van der Waals surface area (Å²) in [5.74, 6) is -1.24. The fraction of sp³-hybridized carbons (Fsp3) is 0.133. The van der Waals surface area contributed by atoms with E-state index in [1.807, 2.05) is 18.2 Å². The Labute approximate surface area is 105 Å². The predicted octanol–water partition coefficient (Wildman–Crippen LogP) is 2.20. The monoisotopic (exact) mass is 242 g/mol. The van der Waals surface area contributed by atoms with E-state index in [0.717, 1.165) is 5.56 Å². The smallest absolute Gasteiger partial charge is 0.340 e. The number of carboxylic acids is 1. The fourth-order valence-corrected chi connectivity index (χ4v) is 1.91. The average molecular weight is 242 g/mol. The lowest BCUT2D eigenvalue weighted by atomic mass is 9.87. The van der Waals surface area contributed by atoms with E-state index in [9.17, 15) is 15.0 Å². The van der Waals surface area contributed by atoms with Gasteiger partial charge >= 0.3 is 5.97 Å². The molecule has 0 aliphatic rings. The predicted molar refractivity (Wildman–Crippen MR) is 68.1 cm³/mol. The Morgan fingerprint density at radius 1 is 0.944 bits per heavy atom. The van der Waals surface area contributed by atoms with E-state index >= 15 is 0 Å². The Hall–Kier alpha value is -2.13. The van der Waals surface area contributed by atoms with Crippen LogP contribution in [0.2, 0.25) is 0 Å². The minimum atomic E-state index is -1.89. The Morgan fingerprint density at radius 3 is 1.94 bits per heavy atom. The third kappa shape index (κ3) is 2.41. The maximum atomic E-state index is 11.4. The molecule has 0 heterocycles. The molecule has 2 N–H and O–H groups in total. The van der Waals surface area contributed by atoms with Crippen LogP contribution in [0.15, 0.2) is 60.7 Å². The topological polar surface area (TPSA) is 57.5 Å². The number of aliphatic hydroxyl groups is 1. The quantitative estimate of drug-likeness (QED) is 0.864. The molecule has 0 aliphatic carbocycles. The summed E-state index contributed by atoms with van der Waals surface area (Å²) in [7, 11) is 0. The van der Waals surface area contributed by atoms with E-state index < -0.39 is 11.6 Å². The number of carboxylic acid groups (broad SMARTS) is 1. The Bertz CT molecular complexity index is 522. The average Bonchev–Trinajstić information content (AvgIpc) is 2.40. The van der Waals surface area contributed by atoms with Crippen LogP contribution in [0.25, 0.3) is 0 Å². The standard InChI is InChI=1S/C15H14O3/c16-14(17)15(18,13-9-5-2-6-10-13)11-12-7-3-1-4-8-12/h1-10,18H,11H2,(H,16,17)/t15-/m0/s1. The number of aliphatic carboxylic acids is 1. The lowest BCUT2D eigenvalue weighted by molar-refractivity contribution is -0.159. The zero-order valence-corrected chi connectivity index (χ0v) is 9.78. The molecular formula is C15H14O3. The Balaban J connectivity index is 2.37. The van der Waals surface area contributed by atoms with Gasteiger partial charge in [-0.3, -0.25) is 0 Å². The summed E-state index contributed by atoms with van der Waals surface area (Å²) >= 11 is 0. The van der Waals surface area contributed by atoms with Gasteiger partial charge in [0.25, 0.3) is 0 Å². The normalized spacial score (nSPS) is 13.8. The van der Waals surface area contributed by atoms with E-state index in [4.69, 9.17) is 0 Å². The zero-order valence-electron chi connectivity index (χ0n) is 9.78. The highest BCUT2D eigenvalue weighted by atomic mass is 16.4. The largest absolute Gasteiger partial charge is 0.479 e. The molecule has 2 aromatic carbocycles. The van der Waals surface area contributed by atoms with E-state index in [0.29, 0.717) is 5.56 Å². The molecule has 18 heavy (non-hydrogen) atoms. The van der Waals surface area contributed by atoms with Gasteiger partial charge in [-0.15, -0.1) is 0 Å². The summed E-state index contributed by atoms with van der Waals surface area (Å²) in [5, 5.41) is 19.7. The summed E-state index contributed by atoms with van der Waals surface area (Å²) in [4.78, 5) is 11.4. The second-order valence-corrected chi connectivity index (χ2v) is 4.19. The SMILES string of the molecule is O=C(O)[C@](O)(Cc1ccccc1)c1ccccc1. The molecule has 0 amide bonds. The molecule has 0 saturated heterocycles. The Kier molecular flexibility index (Phi) is 3.44. The van der Waals surface area contributed by atoms with Crippen LogP contribution in [0.1, 0.15) is 11.1 Å². The van der Waals surface area contributed by atoms with Gasteiger partial charge in [-0.25, -0.2) is 4.79 Å². The summed E-state index contributed by atoms with van der Waals surface area (Å²) in [5.41, 5.74) is -0.713. The number of benzene rings is 2. The fourth-order valence-electron chi connectivity index (χ4n) is 1.91. The van der Waals surface area contributed by atoms with Gasteiger partial charge in [0.1, 0.15) is 0 Å². The Morgan fingerprint density at radius 2 is 1.44 bits per heavy atom. The van der Waals surface area contributed by atoms with Crippen molar-refractivity contribution in [3.05, 3.63) is 71.8 Å². The molecule has 3 nitrogen and oxygen atoms in total. The summed E-state index contributed by atoms with van der Waals surface area (Å²) < 4.78 is 0. The molecule has 0 saturated carbocycles. The first kappa shape index (κ1) is 12.3. The highest BCUT2D eigenvalue weighted by Crippen LogP contribution is 2.26. The van der Waals surface area contributed by atoms with Gasteiger partial charge in [0.05, 0.1) is 0 Å². The van der Waals surface area contributed by atoms with Crippen LogP contribution >= 0.6 is 0 Å². The molecule has 0 aromatic heterocycles. The number of hydrogen-bond donors (Lipinski definition) is 2. The molecule has 2 rings (SSSR count). The van der Waals surface area contributed by atoms with E-state index in [1.165, 1.54) is 0 Å². The number of rotatable bonds is 4. The van der Waals surface area contributed by atoms with Gasteiger partial charge in [-0.05, 0) is 11.1 Å². The van der Waals surface area contributed by atoms with Crippen molar-refractivity contribution in [3.63, 3.8) is 0 Å². The summed E-state index contributed by atoms with van der Waals surface area (Å²) in [6, 6.07) is 17.6. The third-order valence-corrected chi connectivity index (χ3v) is 2.91. The summed E-state index contributed by atoms with van der Waals surface area (Å²) in [6.45, 7) is 0. The van der Waals surface area contributed by atoms with Crippen LogP contribution in [0, 0.1) is 0 Å². The van der Waals surface area contributed by atoms with Crippen molar-refractivity contribution in [2.75, 3.05) is 0 Å². The van der Waals surface area contributed by atoms with Gasteiger partial charge in [-0.1, -0.05) is 60.7 Å². The van der Waals surface area contributed by atoms with Crippen LogP contribution in [-0.4, -0.2) is 16.2 Å². The van der Waals surface area contributed by atoms with Gasteiger partial charge in [0.2, 0.25) is 0 Å². The maximum Gasteiger partial charge on any atom is 0.340 e. The van der Waals surface area contributed by atoms with Crippen molar-refractivity contribution >= 4 is 5.97 Å². The molecule has 0 unspecified atom stereocenters. The molecule has 3 heteroatoms. The van der Waals surface area contributed by atoms with Crippen molar-refractivity contribution < 1.29 is 15.0 Å². The van der Waals surface area contributed by atoms with Crippen LogP contribution in [0.4, 0.5) is 0 Å². The van der Waals surface area contributed by atoms with Crippen molar-refractivity contribution in [2.45, 2.75) is 12.0 Å². The first-order chi connectivity index (χ1) is 8.63. The zero-order chi connectivity index (χ0) is 13.0. The van der Waals surface area contributed by atoms with Crippen molar-refractivity contribution in [1.82, 2.24) is 0 Å². The molecule has 0 radical (unpaired) electrons. The molecule has 92 valence electrons. The van der Waals surface area contributed by atoms with Crippen molar-refractivity contribution in [3.8, 4) is 0 Å². The lowest BCUT2D eigenvalue weighted by Crippen LogP contribution is -2.37. The number of carbonyl (C=O) groups is 1. The van der Waals surface area contributed by atoms with Gasteiger partial charge in [0.15, 0.2) is 5.60 Å². The van der Waals surface area contributed by atoms with Crippen molar-refractivity contribution in [1.29, 1.82) is 0 Å². The highest BCUT2D eigenvalue weighted by molar-refractivity contribution is 5.79. The van der Waals surface area contributed by atoms with Gasteiger partial charge in [0, 0.05) is 6.42 Å². The lowest BCUT2D eigenvalue weighted by Gasteiger charge is -2.24. The maximum absolute atomic E-state index is 11.4. The first-order valence-corrected chi connectivity index (χ1v) is 5.68. The van der Waals surface area contributed by atoms with E-state index in [1.54, 1.807) is 42.5 Å². The molecule has 0 spiro atoms. The third-order valence-electron chi connectivity index (χ3n) is 2.91. The number of hydrogen-bond acceptors (Lipinski definition) is 2. The van der Waals surface area contributed by atoms with Crippen LogP contribution < -0.4 is 0 Å². The highest BCUT2D eigenvalue weighted by Gasteiger charge is 2.37. The molecular weight excluding hydrogens is 228 g/mol. The first-order valence-electron chi connectivity index (χ1n) is 5.68. The minimum Gasteiger partial charge on any atom is -0.479 e. The summed E-state index contributed by atoms with van der Waals surface area (Å²) in [6.07, 6.45) is 0.0488. The second-order valence-electron chi connectivity index (χ2n) is 4.19. The second kappa shape index (κ2) is 5.02. The van der Waals surface area contributed by atoms with Crippen molar-refractivity contribution in [2.24, 2.45) is 0 Å². The van der Waals surface area contributed by atoms with E-state index in [2.05, 4.69) is 0 Å². The van der Waals surface area contributed by atoms with Crippen LogP contribution in [0.3, 0.4) is 0 Å². The minimum absolute atomic E-state index is 0.0488. The molecule has 0 aliphatic heterocycles. The van der Waals surface area contributed by atoms with Crippen LogP contribution in [0.5, 0.6) is 0 Å². The molecule has 0 bridgehead atoms. The van der Waals surface area contributed by atoms with E-state index in [-0.39, 0.29) is 6.42 Å². The molecule has 0 fully saturated rings. The van der Waals surface area contributed by atoms with Crippen LogP contribution in [-0.2, 0) is 16.8 Å². The van der Waals surface area contributed by atoms with Gasteiger partial charge in [-0.2, -0.15) is 0 Å². The molecule has 1 atom stereocenters. The van der Waals surface area contributed by atoms with Gasteiger partial charge < -0.3 is 10.2 Å².